The Morgan fingerprint density at radius 2 is 1.83 bits per heavy atom. The number of piperidine rings is 1. The summed E-state index contributed by atoms with van der Waals surface area (Å²) in [6.07, 6.45) is 9.36. The van der Waals surface area contributed by atoms with Crippen molar-refractivity contribution in [3.8, 4) is 28.1 Å². The number of aromatic nitrogens is 5. The van der Waals surface area contributed by atoms with E-state index in [-0.39, 0.29) is 22.8 Å². The van der Waals surface area contributed by atoms with Crippen LogP contribution < -0.4 is 15.2 Å². The third-order valence-corrected chi connectivity index (χ3v) is 10.6. The quantitative estimate of drug-likeness (QED) is 0.190. The van der Waals surface area contributed by atoms with E-state index < -0.39 is 27.7 Å². The molecule has 0 bridgehead atoms. The van der Waals surface area contributed by atoms with Crippen molar-refractivity contribution in [1.82, 2.24) is 29.4 Å². The molecule has 2 aromatic carbocycles. The van der Waals surface area contributed by atoms with Crippen LogP contribution >= 0.6 is 0 Å². The Balaban J connectivity index is 1.27. The molecule has 2 atom stereocenters. The second-order valence-electron chi connectivity index (χ2n) is 12.7. The van der Waals surface area contributed by atoms with Crippen molar-refractivity contribution in [2.24, 2.45) is 7.05 Å². The number of aryl methyl sites for hydroxylation is 1. The lowest BCUT2D eigenvalue weighted by molar-refractivity contribution is 0.121. The number of nitrogens with one attached hydrogen (secondary N) is 1. The van der Waals surface area contributed by atoms with Gasteiger partial charge >= 0.3 is 5.76 Å². The van der Waals surface area contributed by atoms with Gasteiger partial charge in [-0.05, 0) is 69.5 Å². The van der Waals surface area contributed by atoms with E-state index in [1.807, 2.05) is 21.8 Å². The fourth-order valence-corrected chi connectivity index (χ4v) is 7.26. The molecule has 7 rings (SSSR count). The van der Waals surface area contributed by atoms with Crippen LogP contribution in [0.15, 0.2) is 61.1 Å². The van der Waals surface area contributed by atoms with Gasteiger partial charge in [0.1, 0.15) is 29.2 Å². The number of pyridine rings is 1. The first-order valence-electron chi connectivity index (χ1n) is 15.6. The summed E-state index contributed by atoms with van der Waals surface area (Å²) in [6.45, 7) is 2.70. The summed E-state index contributed by atoms with van der Waals surface area (Å²) in [7, 11) is -1.03. The zero-order valence-corrected chi connectivity index (χ0v) is 27.4. The van der Waals surface area contributed by atoms with Crippen molar-refractivity contribution in [1.29, 1.82) is 0 Å². The maximum atomic E-state index is 13.6. The number of anilines is 2. The van der Waals surface area contributed by atoms with Gasteiger partial charge in [-0.25, -0.2) is 17.8 Å². The van der Waals surface area contributed by atoms with Gasteiger partial charge in [0.05, 0.1) is 28.8 Å². The molecule has 15 heteroatoms. The molecule has 48 heavy (non-hydrogen) atoms. The Bertz CT molecular complexity index is 2110. The van der Waals surface area contributed by atoms with Crippen molar-refractivity contribution in [3.05, 3.63) is 72.4 Å². The fourth-order valence-electron chi connectivity index (χ4n) is 6.70. The second-order valence-corrected chi connectivity index (χ2v) is 14.3. The van der Waals surface area contributed by atoms with Crippen LogP contribution in [0.5, 0.6) is 5.75 Å². The van der Waals surface area contributed by atoms with E-state index in [4.69, 9.17) is 20.7 Å². The van der Waals surface area contributed by atoms with Crippen LogP contribution in [0.4, 0.5) is 24.7 Å². The molecule has 1 aliphatic carbocycles. The van der Waals surface area contributed by atoms with Crippen molar-refractivity contribution in [2.75, 3.05) is 24.0 Å². The molecule has 1 saturated heterocycles. The number of alkyl halides is 2. The molecule has 3 aromatic heterocycles. The highest BCUT2D eigenvalue weighted by atomic mass is 32.2. The zero-order chi connectivity index (χ0) is 34.0. The van der Waals surface area contributed by atoms with E-state index in [0.717, 1.165) is 30.5 Å². The van der Waals surface area contributed by atoms with E-state index in [1.54, 1.807) is 30.9 Å². The number of rotatable bonds is 9. The van der Waals surface area contributed by atoms with Crippen molar-refractivity contribution < 1.29 is 26.3 Å². The summed E-state index contributed by atoms with van der Waals surface area (Å²) in [5.74, 6) is -3.92. The molecule has 1 spiro atoms. The van der Waals surface area contributed by atoms with Crippen LogP contribution in [0.25, 0.3) is 33.3 Å². The van der Waals surface area contributed by atoms with Gasteiger partial charge in [-0.15, -0.1) is 0 Å². The van der Waals surface area contributed by atoms with Crippen LogP contribution in [-0.4, -0.2) is 62.8 Å². The lowest BCUT2D eigenvalue weighted by atomic mass is 9.96. The molecule has 0 amide bonds. The molecule has 5 aromatic rings. The van der Waals surface area contributed by atoms with Gasteiger partial charge in [-0.2, -0.15) is 19.0 Å². The SMILES string of the molecule is C[C@H](Oc1cc(-c2nn(C)c3c(-c4cnn(C5CCN(C)C6(CC6)C5)c4)cnc(N)c23)ccc1NS(=O)(=O)C(F)F)c1ccc(F)cc1. The monoisotopic (exact) mass is 680 g/mol. The third-order valence-electron chi connectivity index (χ3n) is 9.61. The maximum Gasteiger partial charge on any atom is 0.355 e. The van der Waals surface area contributed by atoms with E-state index in [0.29, 0.717) is 33.8 Å². The first-order valence-corrected chi connectivity index (χ1v) is 17.1. The van der Waals surface area contributed by atoms with Crippen LogP contribution in [0.3, 0.4) is 0 Å². The fraction of sp³-hybridized carbons (Fsp3) is 0.364. The highest BCUT2D eigenvalue weighted by Crippen LogP contribution is 2.50. The van der Waals surface area contributed by atoms with Crippen LogP contribution in [0.2, 0.25) is 0 Å². The smallest absolute Gasteiger partial charge is 0.355 e. The second kappa shape index (κ2) is 11.8. The Labute approximate surface area is 275 Å². The van der Waals surface area contributed by atoms with Gasteiger partial charge in [-0.3, -0.25) is 14.1 Å². The minimum absolute atomic E-state index is 0.0390. The molecular weight excluding hydrogens is 645 g/mol. The number of nitrogens with zero attached hydrogens (tertiary/aromatic N) is 6. The predicted molar refractivity (Wildman–Crippen MR) is 176 cm³/mol. The van der Waals surface area contributed by atoms with Gasteiger partial charge in [0.2, 0.25) is 0 Å². The van der Waals surface area contributed by atoms with Crippen LogP contribution in [-0.2, 0) is 17.1 Å². The van der Waals surface area contributed by atoms with Crippen molar-refractivity contribution in [2.45, 2.75) is 56.0 Å². The molecule has 2 fully saturated rings. The molecule has 2 aliphatic rings. The molecular formula is C33H35F3N8O3S. The first-order chi connectivity index (χ1) is 22.8. The molecule has 11 nitrogen and oxygen atoms in total. The molecule has 3 N–H and O–H groups in total. The van der Waals surface area contributed by atoms with Gasteiger partial charge < -0.3 is 15.4 Å². The number of ether oxygens (including phenoxy) is 1. The lowest BCUT2D eigenvalue weighted by Gasteiger charge is -2.37. The third kappa shape index (κ3) is 5.74. The average molecular weight is 681 g/mol. The normalized spacial score (nSPS) is 18.4. The Morgan fingerprint density at radius 3 is 2.54 bits per heavy atom. The van der Waals surface area contributed by atoms with Gasteiger partial charge in [0.15, 0.2) is 0 Å². The summed E-state index contributed by atoms with van der Waals surface area (Å²) in [5, 5.41) is 10.1. The maximum absolute atomic E-state index is 13.6. The Kier molecular flexibility index (Phi) is 7.86. The molecule has 252 valence electrons. The molecule has 1 unspecified atom stereocenters. The van der Waals surface area contributed by atoms with E-state index in [2.05, 4.69) is 16.9 Å². The van der Waals surface area contributed by atoms with Gasteiger partial charge in [0.25, 0.3) is 10.0 Å². The first kappa shape index (κ1) is 31.9. The number of nitrogen functional groups attached to an aromatic ring is 1. The standard InChI is InChI=1S/C33H35F3N8O3S/c1-19(20-4-7-23(34)8-5-20)47-27-14-21(6-9-26(27)41-48(45,46)32(35)36)29-28-30(43(3)40-29)25(17-38-31(28)37)22-16-39-44(18-22)24-10-13-42(2)33(15-24)11-12-33/h4-9,14,16-19,24,32,41H,10-13,15H2,1-3H3,(H2,37,38)/t19-,24?/m0/s1. The largest absolute Gasteiger partial charge is 0.484 e. The summed E-state index contributed by atoms with van der Waals surface area (Å²) in [4.78, 5) is 6.97. The summed E-state index contributed by atoms with van der Waals surface area (Å²) < 4.78 is 76.3. The molecule has 1 aliphatic heterocycles. The number of hydrogen-bond acceptors (Lipinski definition) is 8. The molecule has 1 saturated carbocycles. The summed E-state index contributed by atoms with van der Waals surface area (Å²) in [5.41, 5.74) is 10.4. The topological polar surface area (TPSA) is 133 Å². The Morgan fingerprint density at radius 1 is 1.08 bits per heavy atom. The van der Waals surface area contributed by atoms with Crippen LogP contribution in [0.1, 0.15) is 50.3 Å². The van der Waals surface area contributed by atoms with E-state index in [1.165, 1.54) is 49.2 Å². The predicted octanol–water partition coefficient (Wildman–Crippen LogP) is 6.12. The average Bonchev–Trinajstić information content (AvgIpc) is 3.48. The number of halogens is 3. The number of nitrogens with two attached hydrogens (primary N) is 1. The van der Waals surface area contributed by atoms with Crippen molar-refractivity contribution >= 4 is 32.4 Å². The zero-order valence-electron chi connectivity index (χ0n) is 26.6. The Hall–Kier alpha value is -4.63. The van der Waals surface area contributed by atoms with E-state index >= 15 is 0 Å². The minimum atomic E-state index is -5.02. The van der Waals surface area contributed by atoms with Crippen LogP contribution in [0, 0.1) is 5.82 Å². The lowest BCUT2D eigenvalue weighted by Crippen LogP contribution is -2.42. The molecule has 0 radical (unpaired) electrons. The summed E-state index contributed by atoms with van der Waals surface area (Å²) in [6, 6.07) is 10.2. The minimum Gasteiger partial charge on any atom is -0.484 e. The van der Waals surface area contributed by atoms with E-state index in [9.17, 15) is 21.6 Å². The number of likely N-dealkylation sites (tertiary alicyclic amines) is 1. The number of fused-ring (bicyclic) bond motifs is 1. The number of sulfonamides is 1. The highest BCUT2D eigenvalue weighted by Gasteiger charge is 2.50. The van der Waals surface area contributed by atoms with Gasteiger partial charge in [0, 0.05) is 48.2 Å². The van der Waals surface area contributed by atoms with Crippen molar-refractivity contribution in [3.63, 3.8) is 0 Å². The summed E-state index contributed by atoms with van der Waals surface area (Å²) >= 11 is 0. The number of hydrogen-bond donors (Lipinski definition) is 2. The molecule has 4 heterocycles. The highest BCUT2D eigenvalue weighted by molar-refractivity contribution is 7.93. The van der Waals surface area contributed by atoms with Gasteiger partial charge in [-0.1, -0.05) is 18.2 Å². The number of benzene rings is 2.